The molecule has 3 heteroatoms. The van der Waals surface area contributed by atoms with Crippen LogP contribution in [0.25, 0.3) is 0 Å². The normalized spacial score (nSPS) is 28.2. The molecule has 0 bridgehead atoms. The van der Waals surface area contributed by atoms with Gasteiger partial charge in [-0.15, -0.1) is 0 Å². The van der Waals surface area contributed by atoms with E-state index in [1.165, 1.54) is 0 Å². The number of benzene rings is 1. The molecule has 0 spiro atoms. The van der Waals surface area contributed by atoms with Crippen LogP contribution < -0.4 is 5.32 Å². The molecule has 0 amide bonds. The SMILES string of the molecule is CC1(C)C(O)CC1Nc1cccc(O)c1. The molecular weight excluding hydrogens is 190 g/mol. The fraction of sp³-hybridized carbons (Fsp3) is 0.500. The first-order valence-corrected chi connectivity index (χ1v) is 5.24. The van der Waals surface area contributed by atoms with Crippen molar-refractivity contribution in [3.05, 3.63) is 24.3 Å². The van der Waals surface area contributed by atoms with Crippen LogP contribution in [0.3, 0.4) is 0 Å². The summed E-state index contributed by atoms with van der Waals surface area (Å²) in [7, 11) is 0. The maximum atomic E-state index is 9.59. The summed E-state index contributed by atoms with van der Waals surface area (Å²) in [6.07, 6.45) is 0.537. The highest BCUT2D eigenvalue weighted by atomic mass is 16.3. The van der Waals surface area contributed by atoms with Crippen LogP contribution in [0.2, 0.25) is 0 Å². The molecular formula is C12H17NO2. The fourth-order valence-corrected chi connectivity index (χ4v) is 1.94. The van der Waals surface area contributed by atoms with E-state index in [-0.39, 0.29) is 23.3 Å². The molecule has 15 heavy (non-hydrogen) atoms. The van der Waals surface area contributed by atoms with Gasteiger partial charge in [0.2, 0.25) is 0 Å². The van der Waals surface area contributed by atoms with Crippen molar-refractivity contribution in [2.24, 2.45) is 5.41 Å². The van der Waals surface area contributed by atoms with Gasteiger partial charge in [0, 0.05) is 23.2 Å². The standard InChI is InChI=1S/C12H17NO2/c1-12(2)10(7-11(12)15)13-8-4-3-5-9(14)6-8/h3-6,10-11,13-15H,7H2,1-2H3. The van der Waals surface area contributed by atoms with Crippen molar-refractivity contribution in [1.82, 2.24) is 0 Å². The molecule has 1 aliphatic rings. The van der Waals surface area contributed by atoms with E-state index in [0.29, 0.717) is 0 Å². The molecule has 3 nitrogen and oxygen atoms in total. The average molecular weight is 207 g/mol. The lowest BCUT2D eigenvalue weighted by Gasteiger charge is -2.49. The Morgan fingerprint density at radius 3 is 2.67 bits per heavy atom. The highest BCUT2D eigenvalue weighted by Gasteiger charge is 2.47. The second-order valence-electron chi connectivity index (χ2n) is 4.82. The van der Waals surface area contributed by atoms with Crippen LogP contribution in [-0.2, 0) is 0 Å². The van der Waals surface area contributed by atoms with E-state index in [9.17, 15) is 10.2 Å². The first kappa shape index (κ1) is 10.3. The Bertz CT molecular complexity index is 362. The van der Waals surface area contributed by atoms with Crippen LogP contribution in [0.15, 0.2) is 24.3 Å². The smallest absolute Gasteiger partial charge is 0.117 e. The molecule has 2 atom stereocenters. The Hall–Kier alpha value is -1.22. The zero-order chi connectivity index (χ0) is 11.1. The molecule has 1 saturated carbocycles. The van der Waals surface area contributed by atoms with Gasteiger partial charge in [0.15, 0.2) is 0 Å². The maximum Gasteiger partial charge on any atom is 0.117 e. The molecule has 1 aromatic carbocycles. The number of hydrogen-bond acceptors (Lipinski definition) is 3. The van der Waals surface area contributed by atoms with Gasteiger partial charge >= 0.3 is 0 Å². The van der Waals surface area contributed by atoms with Crippen molar-refractivity contribution in [3.8, 4) is 5.75 Å². The third kappa shape index (κ3) is 1.79. The number of aromatic hydroxyl groups is 1. The van der Waals surface area contributed by atoms with Crippen LogP contribution in [0, 0.1) is 5.41 Å². The lowest BCUT2D eigenvalue weighted by atomic mass is 9.64. The maximum absolute atomic E-state index is 9.59. The van der Waals surface area contributed by atoms with E-state index in [1.54, 1.807) is 18.2 Å². The number of phenols is 1. The minimum Gasteiger partial charge on any atom is -0.508 e. The highest BCUT2D eigenvalue weighted by Crippen LogP contribution is 2.42. The highest BCUT2D eigenvalue weighted by molar-refractivity contribution is 5.49. The first-order valence-electron chi connectivity index (χ1n) is 5.24. The number of rotatable bonds is 2. The quantitative estimate of drug-likeness (QED) is 0.695. The molecule has 2 rings (SSSR count). The van der Waals surface area contributed by atoms with Crippen LogP contribution in [0.1, 0.15) is 20.3 Å². The van der Waals surface area contributed by atoms with Gasteiger partial charge < -0.3 is 15.5 Å². The van der Waals surface area contributed by atoms with Crippen molar-refractivity contribution in [2.75, 3.05) is 5.32 Å². The number of phenolic OH excluding ortho intramolecular Hbond substituents is 1. The number of nitrogens with one attached hydrogen (secondary N) is 1. The van der Waals surface area contributed by atoms with E-state index in [4.69, 9.17) is 0 Å². The van der Waals surface area contributed by atoms with E-state index in [0.717, 1.165) is 12.1 Å². The minimum atomic E-state index is -0.229. The Morgan fingerprint density at radius 2 is 2.13 bits per heavy atom. The van der Waals surface area contributed by atoms with E-state index < -0.39 is 0 Å². The molecule has 0 heterocycles. The van der Waals surface area contributed by atoms with E-state index in [1.807, 2.05) is 19.9 Å². The Kier molecular flexibility index (Phi) is 2.35. The van der Waals surface area contributed by atoms with Crippen molar-refractivity contribution in [2.45, 2.75) is 32.4 Å². The number of anilines is 1. The van der Waals surface area contributed by atoms with Crippen molar-refractivity contribution in [1.29, 1.82) is 0 Å². The first-order chi connectivity index (χ1) is 7.00. The molecule has 2 unspecified atom stereocenters. The molecule has 1 aliphatic carbocycles. The average Bonchev–Trinajstić information content (AvgIpc) is 2.17. The largest absolute Gasteiger partial charge is 0.508 e. The van der Waals surface area contributed by atoms with Gasteiger partial charge in [0.25, 0.3) is 0 Å². The van der Waals surface area contributed by atoms with Crippen LogP contribution in [0.5, 0.6) is 5.75 Å². The number of aliphatic hydroxyl groups is 1. The fourth-order valence-electron chi connectivity index (χ4n) is 1.94. The van der Waals surface area contributed by atoms with Crippen LogP contribution in [0.4, 0.5) is 5.69 Å². The zero-order valence-electron chi connectivity index (χ0n) is 9.07. The van der Waals surface area contributed by atoms with E-state index >= 15 is 0 Å². The molecule has 82 valence electrons. The summed E-state index contributed by atoms with van der Waals surface area (Å²) in [6.45, 7) is 4.09. The van der Waals surface area contributed by atoms with Gasteiger partial charge in [0.05, 0.1) is 6.10 Å². The topological polar surface area (TPSA) is 52.5 Å². The summed E-state index contributed by atoms with van der Waals surface area (Å²) in [6, 6.07) is 7.33. The van der Waals surface area contributed by atoms with Crippen molar-refractivity contribution >= 4 is 5.69 Å². The van der Waals surface area contributed by atoms with Gasteiger partial charge in [0.1, 0.15) is 5.75 Å². The molecule has 1 fully saturated rings. The Balaban J connectivity index is 2.05. The van der Waals surface area contributed by atoms with Crippen molar-refractivity contribution < 1.29 is 10.2 Å². The molecule has 3 N–H and O–H groups in total. The van der Waals surface area contributed by atoms with Crippen molar-refractivity contribution in [3.63, 3.8) is 0 Å². The number of hydrogen-bond donors (Lipinski definition) is 3. The lowest BCUT2D eigenvalue weighted by Crippen LogP contribution is -2.56. The Morgan fingerprint density at radius 1 is 1.40 bits per heavy atom. The minimum absolute atomic E-state index is 0.0918. The predicted octanol–water partition coefficient (Wildman–Crippen LogP) is 1.96. The van der Waals surface area contributed by atoms with E-state index in [2.05, 4.69) is 5.32 Å². The molecule has 1 aromatic rings. The molecule has 0 aliphatic heterocycles. The summed E-state index contributed by atoms with van der Waals surface area (Å²) < 4.78 is 0. The second-order valence-corrected chi connectivity index (χ2v) is 4.82. The summed E-state index contributed by atoms with van der Waals surface area (Å²) in [5.41, 5.74) is 0.811. The van der Waals surface area contributed by atoms with Gasteiger partial charge in [-0.05, 0) is 18.6 Å². The van der Waals surface area contributed by atoms with Gasteiger partial charge in [-0.3, -0.25) is 0 Å². The zero-order valence-corrected chi connectivity index (χ0v) is 9.07. The molecule has 0 saturated heterocycles. The van der Waals surface area contributed by atoms with Gasteiger partial charge in [-0.2, -0.15) is 0 Å². The lowest BCUT2D eigenvalue weighted by molar-refractivity contribution is -0.0510. The Labute approximate surface area is 89.8 Å². The second kappa shape index (κ2) is 3.42. The molecule has 0 aromatic heterocycles. The van der Waals surface area contributed by atoms with Crippen LogP contribution >= 0.6 is 0 Å². The van der Waals surface area contributed by atoms with Gasteiger partial charge in [-0.25, -0.2) is 0 Å². The monoisotopic (exact) mass is 207 g/mol. The predicted molar refractivity (Wildman–Crippen MR) is 59.9 cm³/mol. The number of aliphatic hydroxyl groups excluding tert-OH is 1. The third-order valence-electron chi connectivity index (χ3n) is 3.40. The summed E-state index contributed by atoms with van der Waals surface area (Å²) in [5.74, 6) is 0.262. The van der Waals surface area contributed by atoms with Gasteiger partial charge in [-0.1, -0.05) is 19.9 Å². The summed E-state index contributed by atoms with van der Waals surface area (Å²) in [5, 5.41) is 22.2. The molecule has 0 radical (unpaired) electrons. The summed E-state index contributed by atoms with van der Waals surface area (Å²) in [4.78, 5) is 0. The third-order valence-corrected chi connectivity index (χ3v) is 3.40. The summed E-state index contributed by atoms with van der Waals surface area (Å²) >= 11 is 0. The van der Waals surface area contributed by atoms with Crippen LogP contribution in [-0.4, -0.2) is 22.4 Å².